The van der Waals surface area contributed by atoms with E-state index in [0.29, 0.717) is 0 Å². The molecule has 264 valence electrons. The van der Waals surface area contributed by atoms with Crippen molar-refractivity contribution in [3.63, 3.8) is 0 Å². The maximum Gasteiger partial charge on any atom is 0.136 e. The number of hydrogen-bond donors (Lipinski definition) is 0. The van der Waals surface area contributed by atoms with Crippen molar-refractivity contribution in [3.8, 4) is 22.3 Å². The van der Waals surface area contributed by atoms with E-state index >= 15 is 0 Å². The van der Waals surface area contributed by atoms with Crippen molar-refractivity contribution >= 4 is 65.4 Å². The molecule has 1 heteroatoms. The minimum absolute atomic E-state index is 0.0498. The van der Waals surface area contributed by atoms with Crippen molar-refractivity contribution in [2.75, 3.05) is 0 Å². The fourth-order valence-electron chi connectivity index (χ4n) is 10.5. The molecule has 0 radical (unpaired) electrons. The molecule has 0 atom stereocenters. The zero-order chi connectivity index (χ0) is 37.2. The van der Waals surface area contributed by atoms with Crippen molar-refractivity contribution in [3.05, 3.63) is 180 Å². The van der Waals surface area contributed by atoms with Crippen molar-refractivity contribution in [1.29, 1.82) is 0 Å². The van der Waals surface area contributed by atoms with Crippen LogP contribution in [0.2, 0.25) is 0 Å². The minimum atomic E-state index is -0.161. The third-order valence-corrected chi connectivity index (χ3v) is 12.9. The van der Waals surface area contributed by atoms with Gasteiger partial charge in [-0.3, -0.25) is 0 Å². The van der Waals surface area contributed by atoms with Crippen LogP contribution in [0.4, 0.5) is 0 Å². The number of benzene rings is 8. The van der Waals surface area contributed by atoms with Crippen LogP contribution < -0.4 is 0 Å². The Balaban J connectivity index is 1.05. The van der Waals surface area contributed by atoms with E-state index in [-0.39, 0.29) is 10.8 Å². The number of fused-ring (bicyclic) bond motifs is 12. The molecule has 1 aromatic heterocycles. The highest BCUT2D eigenvalue weighted by Crippen LogP contribution is 2.54. The summed E-state index contributed by atoms with van der Waals surface area (Å²) in [6, 6.07) is 51.6. The first kappa shape index (κ1) is 32.3. The van der Waals surface area contributed by atoms with Gasteiger partial charge in [-0.1, -0.05) is 162 Å². The molecule has 0 amide bonds. The summed E-state index contributed by atoms with van der Waals surface area (Å²) in [5.41, 5.74) is 16.5. The molecule has 0 N–H and O–H groups in total. The molecule has 1 heterocycles. The lowest BCUT2D eigenvalue weighted by atomic mass is 9.79. The molecule has 0 unspecified atom stereocenters. The first-order valence-corrected chi connectivity index (χ1v) is 19.7. The van der Waals surface area contributed by atoms with Crippen molar-refractivity contribution in [1.82, 2.24) is 0 Å². The summed E-state index contributed by atoms with van der Waals surface area (Å²) in [4.78, 5) is 0. The molecule has 0 spiro atoms. The van der Waals surface area contributed by atoms with E-state index in [2.05, 4.69) is 167 Å². The molecule has 9 aromatic rings. The Morgan fingerprint density at radius 1 is 0.545 bits per heavy atom. The lowest BCUT2D eigenvalue weighted by Crippen LogP contribution is -2.15. The average molecular weight is 707 g/mol. The quantitative estimate of drug-likeness (QED) is 0.162. The Morgan fingerprint density at radius 3 is 1.96 bits per heavy atom. The zero-order valence-corrected chi connectivity index (χ0v) is 31.9. The van der Waals surface area contributed by atoms with Crippen LogP contribution in [0.15, 0.2) is 157 Å². The van der Waals surface area contributed by atoms with Gasteiger partial charge in [-0.2, -0.15) is 0 Å². The highest BCUT2D eigenvalue weighted by atomic mass is 16.3. The molecule has 0 fully saturated rings. The molecule has 2 aliphatic rings. The van der Waals surface area contributed by atoms with Crippen LogP contribution in [0.25, 0.3) is 87.7 Å². The van der Waals surface area contributed by atoms with Crippen LogP contribution in [0, 0.1) is 0 Å². The lowest BCUT2D eigenvalue weighted by molar-refractivity contribution is 0.665. The van der Waals surface area contributed by atoms with Gasteiger partial charge in [0.25, 0.3) is 0 Å². The normalized spacial score (nSPS) is 15.2. The zero-order valence-electron chi connectivity index (χ0n) is 31.9. The first-order chi connectivity index (χ1) is 26.7. The van der Waals surface area contributed by atoms with Crippen LogP contribution in [-0.4, -0.2) is 0 Å². The third kappa shape index (κ3) is 4.53. The molecule has 0 saturated heterocycles. The molecule has 55 heavy (non-hydrogen) atoms. The molecule has 2 aliphatic carbocycles. The van der Waals surface area contributed by atoms with Gasteiger partial charge in [0.1, 0.15) is 11.2 Å². The Labute approximate surface area is 322 Å². The van der Waals surface area contributed by atoms with Gasteiger partial charge >= 0.3 is 0 Å². The van der Waals surface area contributed by atoms with Crippen LogP contribution in [0.5, 0.6) is 0 Å². The number of allylic oxidation sites excluding steroid dienone is 3. The number of para-hydroxylation sites is 1. The van der Waals surface area contributed by atoms with Crippen LogP contribution >= 0.6 is 0 Å². The summed E-state index contributed by atoms with van der Waals surface area (Å²) in [6.45, 7) is 14.2. The summed E-state index contributed by atoms with van der Waals surface area (Å²) < 4.78 is 6.30. The number of rotatable bonds is 5. The van der Waals surface area contributed by atoms with Gasteiger partial charge in [-0.15, -0.1) is 0 Å². The van der Waals surface area contributed by atoms with Gasteiger partial charge < -0.3 is 4.42 Å². The molecule has 11 rings (SSSR count). The Morgan fingerprint density at radius 2 is 1.20 bits per heavy atom. The fraction of sp³-hybridized carbons (Fsp3) is 0.148. The van der Waals surface area contributed by atoms with E-state index in [4.69, 9.17) is 11.0 Å². The van der Waals surface area contributed by atoms with E-state index in [1.807, 2.05) is 6.07 Å². The second-order valence-corrected chi connectivity index (χ2v) is 16.9. The third-order valence-electron chi connectivity index (χ3n) is 12.9. The maximum atomic E-state index is 6.30. The van der Waals surface area contributed by atoms with Gasteiger partial charge in [0, 0.05) is 21.6 Å². The van der Waals surface area contributed by atoms with Crippen molar-refractivity contribution in [2.24, 2.45) is 0 Å². The Bertz CT molecular complexity index is 3100. The second-order valence-electron chi connectivity index (χ2n) is 16.9. The summed E-state index contributed by atoms with van der Waals surface area (Å²) >= 11 is 0. The summed E-state index contributed by atoms with van der Waals surface area (Å²) in [7, 11) is 0. The second kappa shape index (κ2) is 11.4. The predicted molar refractivity (Wildman–Crippen MR) is 235 cm³/mol. The van der Waals surface area contributed by atoms with E-state index in [1.165, 1.54) is 104 Å². The van der Waals surface area contributed by atoms with Crippen molar-refractivity contribution < 1.29 is 4.42 Å². The molecule has 8 aromatic carbocycles. The van der Waals surface area contributed by atoms with Gasteiger partial charge in [0.15, 0.2) is 0 Å². The highest BCUT2D eigenvalue weighted by molar-refractivity contribution is 6.21. The number of hydrogen-bond acceptors (Lipinski definition) is 1. The summed E-state index contributed by atoms with van der Waals surface area (Å²) in [5.74, 6) is 0. The van der Waals surface area contributed by atoms with Crippen LogP contribution in [0.3, 0.4) is 0 Å². The molecular formula is C54H42O. The van der Waals surface area contributed by atoms with Crippen molar-refractivity contribution in [2.45, 2.75) is 51.4 Å². The minimum Gasteiger partial charge on any atom is -0.456 e. The van der Waals surface area contributed by atoms with Crippen LogP contribution in [0.1, 0.15) is 68.4 Å². The predicted octanol–water partition coefficient (Wildman–Crippen LogP) is 15.2. The molecular weight excluding hydrogens is 665 g/mol. The Hall–Kier alpha value is -6.18. The molecule has 0 bridgehead atoms. The van der Waals surface area contributed by atoms with E-state index in [1.54, 1.807) is 0 Å². The molecule has 0 saturated carbocycles. The topological polar surface area (TPSA) is 13.1 Å². The number of furan rings is 1. The standard InChI is InChI=1S/C54H42O/c1-32(22-23-34-31-53(2,3)45-20-12-10-14-35(34)45)49-36-15-6-8-17-38(36)50(39-18-9-7-16-37(39)49)33-24-28-46-44(30-33)42-26-25-40-41(52(42)54(46,4)5)27-29-48-51(40)43-19-11-13-21-47(43)55-48/h6-21,24-31H,1,22-23H2,2-5H3. The molecule has 1 nitrogen and oxygen atoms in total. The Kier molecular flexibility index (Phi) is 6.70. The van der Waals surface area contributed by atoms with E-state index in [0.717, 1.165) is 24.0 Å². The van der Waals surface area contributed by atoms with Gasteiger partial charge in [-0.05, 0) is 125 Å². The average Bonchev–Trinajstić information content (AvgIpc) is 3.80. The molecule has 0 aliphatic heterocycles. The smallest absolute Gasteiger partial charge is 0.136 e. The summed E-state index contributed by atoms with van der Waals surface area (Å²) in [5, 5.41) is 10.0. The van der Waals surface area contributed by atoms with E-state index in [9.17, 15) is 0 Å². The fourth-order valence-corrected chi connectivity index (χ4v) is 10.5. The van der Waals surface area contributed by atoms with E-state index < -0.39 is 0 Å². The summed E-state index contributed by atoms with van der Waals surface area (Å²) in [6.07, 6.45) is 4.35. The first-order valence-electron chi connectivity index (χ1n) is 19.7. The van der Waals surface area contributed by atoms with Crippen LogP contribution in [-0.2, 0) is 10.8 Å². The van der Waals surface area contributed by atoms with Gasteiger partial charge in [0.05, 0.1) is 0 Å². The monoisotopic (exact) mass is 706 g/mol. The largest absolute Gasteiger partial charge is 0.456 e. The lowest BCUT2D eigenvalue weighted by Gasteiger charge is -2.23. The van der Waals surface area contributed by atoms with Gasteiger partial charge in [0.2, 0.25) is 0 Å². The highest BCUT2D eigenvalue weighted by Gasteiger charge is 2.38. The van der Waals surface area contributed by atoms with Gasteiger partial charge in [-0.25, -0.2) is 0 Å². The maximum absolute atomic E-state index is 6.30. The SMILES string of the molecule is C=C(CCC1=CC(C)(C)c2ccccc21)c1c2ccccc2c(-c2ccc3c(c2)-c2ccc4c(ccc5oc6ccccc6c54)c2C3(C)C)c2ccccc12.